The van der Waals surface area contributed by atoms with Crippen LogP contribution in [0.2, 0.25) is 0 Å². The Kier molecular flexibility index (Phi) is 8.36. The molecule has 0 saturated carbocycles. The number of hydrogen-bond donors (Lipinski definition) is 5. The highest BCUT2D eigenvalue weighted by Crippen LogP contribution is 2.52. The van der Waals surface area contributed by atoms with Gasteiger partial charge in [0.2, 0.25) is 11.6 Å². The van der Waals surface area contributed by atoms with Crippen LogP contribution in [0, 0.1) is 0 Å². The smallest absolute Gasteiger partial charge is 0.338 e. The molecule has 47 heavy (non-hydrogen) atoms. The van der Waals surface area contributed by atoms with Crippen molar-refractivity contribution in [2.24, 2.45) is 5.73 Å². The summed E-state index contributed by atoms with van der Waals surface area (Å²) in [5.41, 5.74) is 2.39. The standard InChI is InChI=1S/C34H33NO12/c1-15-28(37)19(35)11-23(46-15)47-21-13-34(43,22(36)14-45-33(42)16-7-4-3-5-8-16)12-18-25(21)32(41)27-26(30(18)39)29(38)17-9-6-10-20(44-2)24(17)31(27)40/h3-10,15,19,21,23,28,37,39,41,43H,11-14,35H2,1-2H3/t15-,19-,21-,23+,28+,34+/m1/s1. The molecule has 3 aromatic carbocycles. The number of ether oxygens (including phenoxy) is 4. The molecular weight excluding hydrogens is 614 g/mol. The molecule has 0 radical (unpaired) electrons. The number of methoxy groups -OCH3 is 1. The Morgan fingerprint density at radius 3 is 2.38 bits per heavy atom. The summed E-state index contributed by atoms with van der Waals surface area (Å²) >= 11 is 0. The second kappa shape index (κ2) is 12.2. The first kappa shape index (κ1) is 32.3. The molecule has 1 aliphatic heterocycles. The van der Waals surface area contributed by atoms with Crippen LogP contribution in [-0.2, 0) is 25.4 Å². The highest BCUT2D eigenvalue weighted by Gasteiger charge is 2.50. The van der Waals surface area contributed by atoms with Crippen LogP contribution in [0.5, 0.6) is 17.2 Å². The predicted molar refractivity (Wildman–Crippen MR) is 161 cm³/mol. The van der Waals surface area contributed by atoms with E-state index < -0.39 is 102 Å². The van der Waals surface area contributed by atoms with E-state index in [4.69, 9.17) is 24.7 Å². The third-order valence-electron chi connectivity index (χ3n) is 9.01. The number of phenolic OH excluding ortho intramolecular Hbond substituents is 2. The number of esters is 1. The minimum Gasteiger partial charge on any atom is -0.507 e. The van der Waals surface area contributed by atoms with Crippen molar-refractivity contribution in [2.75, 3.05) is 13.7 Å². The molecular formula is C34H33NO12. The Hall–Kier alpha value is -4.66. The summed E-state index contributed by atoms with van der Waals surface area (Å²) in [4.78, 5) is 53.7. The van der Waals surface area contributed by atoms with E-state index in [0.29, 0.717) is 0 Å². The normalized spacial score (nSPS) is 26.5. The van der Waals surface area contributed by atoms with Crippen molar-refractivity contribution in [3.05, 3.63) is 87.5 Å². The third-order valence-corrected chi connectivity index (χ3v) is 9.01. The molecule has 6 rings (SSSR count). The highest BCUT2D eigenvalue weighted by atomic mass is 16.7. The van der Waals surface area contributed by atoms with E-state index >= 15 is 0 Å². The van der Waals surface area contributed by atoms with Crippen LogP contribution in [0.25, 0.3) is 0 Å². The van der Waals surface area contributed by atoms with Crippen LogP contribution in [0.4, 0.5) is 0 Å². The number of rotatable bonds is 7. The molecule has 0 unspecified atom stereocenters. The summed E-state index contributed by atoms with van der Waals surface area (Å²) in [6.45, 7) is 0.729. The maximum atomic E-state index is 13.8. The van der Waals surface area contributed by atoms with Crippen LogP contribution < -0.4 is 10.5 Å². The van der Waals surface area contributed by atoms with E-state index in [-0.39, 0.29) is 40.0 Å². The van der Waals surface area contributed by atoms with Gasteiger partial charge in [0.15, 0.2) is 18.7 Å². The van der Waals surface area contributed by atoms with Crippen molar-refractivity contribution >= 4 is 23.3 Å². The van der Waals surface area contributed by atoms with Crippen molar-refractivity contribution in [1.29, 1.82) is 0 Å². The zero-order valence-corrected chi connectivity index (χ0v) is 25.5. The number of nitrogens with two attached hydrogens (primary N) is 1. The van der Waals surface area contributed by atoms with Crippen molar-refractivity contribution in [2.45, 2.75) is 62.4 Å². The van der Waals surface area contributed by atoms with Crippen molar-refractivity contribution in [3.63, 3.8) is 0 Å². The molecule has 246 valence electrons. The molecule has 13 nitrogen and oxygen atoms in total. The molecule has 1 heterocycles. The summed E-state index contributed by atoms with van der Waals surface area (Å²) < 4.78 is 22.4. The maximum Gasteiger partial charge on any atom is 0.338 e. The van der Waals surface area contributed by atoms with Gasteiger partial charge in [-0.25, -0.2) is 4.79 Å². The number of aliphatic hydroxyl groups is 2. The average Bonchev–Trinajstić information content (AvgIpc) is 3.06. The Morgan fingerprint density at radius 2 is 1.70 bits per heavy atom. The molecule has 0 amide bonds. The van der Waals surface area contributed by atoms with Gasteiger partial charge >= 0.3 is 5.97 Å². The summed E-state index contributed by atoms with van der Waals surface area (Å²) in [5.74, 6) is -4.67. The number of ketones is 3. The van der Waals surface area contributed by atoms with Gasteiger partial charge in [-0.3, -0.25) is 14.4 Å². The second-order valence-electron chi connectivity index (χ2n) is 11.9. The van der Waals surface area contributed by atoms with Crippen molar-refractivity contribution in [3.8, 4) is 17.2 Å². The molecule has 0 spiro atoms. The molecule has 0 bridgehead atoms. The van der Waals surface area contributed by atoms with Gasteiger partial charge in [0.1, 0.15) is 22.8 Å². The van der Waals surface area contributed by atoms with E-state index in [1.165, 1.54) is 37.4 Å². The lowest BCUT2D eigenvalue weighted by Crippen LogP contribution is -2.53. The molecule has 13 heteroatoms. The number of aliphatic hydroxyl groups excluding tert-OH is 1. The maximum absolute atomic E-state index is 13.8. The second-order valence-corrected chi connectivity index (χ2v) is 11.9. The van der Waals surface area contributed by atoms with Gasteiger partial charge in [-0.05, 0) is 25.1 Å². The van der Waals surface area contributed by atoms with Crippen molar-refractivity contribution in [1.82, 2.24) is 0 Å². The van der Waals surface area contributed by atoms with Crippen LogP contribution in [-0.4, -0.2) is 87.6 Å². The van der Waals surface area contributed by atoms with Crippen LogP contribution in [0.3, 0.4) is 0 Å². The first-order valence-electron chi connectivity index (χ1n) is 15.0. The van der Waals surface area contributed by atoms with Gasteiger partial charge in [-0.1, -0.05) is 30.3 Å². The lowest BCUT2D eigenvalue weighted by Gasteiger charge is -2.42. The molecule has 1 fully saturated rings. The molecule has 2 aliphatic carbocycles. The van der Waals surface area contributed by atoms with E-state index in [2.05, 4.69) is 0 Å². The van der Waals surface area contributed by atoms with E-state index in [1.54, 1.807) is 25.1 Å². The van der Waals surface area contributed by atoms with Gasteiger partial charge in [-0.15, -0.1) is 0 Å². The fourth-order valence-corrected chi connectivity index (χ4v) is 6.53. The Bertz CT molecular complexity index is 1780. The Morgan fingerprint density at radius 1 is 1.00 bits per heavy atom. The van der Waals surface area contributed by atoms with E-state index in [1.807, 2.05) is 0 Å². The van der Waals surface area contributed by atoms with Gasteiger partial charge in [0, 0.05) is 42.0 Å². The molecule has 3 aliphatic rings. The minimum absolute atomic E-state index is 0.0158. The van der Waals surface area contributed by atoms with Gasteiger partial charge < -0.3 is 45.1 Å². The average molecular weight is 648 g/mol. The van der Waals surface area contributed by atoms with Gasteiger partial charge in [-0.2, -0.15) is 0 Å². The number of benzene rings is 3. The van der Waals surface area contributed by atoms with Crippen molar-refractivity contribution < 1.29 is 58.6 Å². The number of carbonyl (C=O) groups is 4. The SMILES string of the molecule is COc1cccc2c1C(=O)c1c(O)c3c(c(O)c1C2=O)C[C@@](O)(C(=O)COC(=O)c1ccccc1)C[C@H]3O[C@H]1C[C@@H](N)[C@@H](O)[C@@H](C)O1. The number of aromatic hydroxyl groups is 2. The van der Waals surface area contributed by atoms with Crippen LogP contribution in [0.1, 0.15) is 79.2 Å². The lowest BCUT2D eigenvalue weighted by molar-refractivity contribution is -0.247. The van der Waals surface area contributed by atoms with Gasteiger partial charge in [0.25, 0.3) is 0 Å². The predicted octanol–water partition coefficient (Wildman–Crippen LogP) is 1.87. The molecule has 0 aromatic heterocycles. The van der Waals surface area contributed by atoms with Gasteiger partial charge in [0.05, 0.1) is 47.7 Å². The highest BCUT2D eigenvalue weighted by molar-refractivity contribution is 6.31. The first-order valence-corrected chi connectivity index (χ1v) is 15.0. The minimum atomic E-state index is -2.34. The topological polar surface area (TPSA) is 212 Å². The fourth-order valence-electron chi connectivity index (χ4n) is 6.53. The summed E-state index contributed by atoms with van der Waals surface area (Å²) in [6, 6.07) is 11.5. The van der Waals surface area contributed by atoms with Crippen LogP contribution >= 0.6 is 0 Å². The summed E-state index contributed by atoms with van der Waals surface area (Å²) in [5, 5.41) is 45.4. The van der Waals surface area contributed by atoms with Crippen LogP contribution in [0.15, 0.2) is 48.5 Å². The monoisotopic (exact) mass is 647 g/mol. The zero-order valence-electron chi connectivity index (χ0n) is 25.5. The third kappa shape index (κ3) is 5.45. The number of carbonyl (C=O) groups excluding carboxylic acids is 4. The fraction of sp³-hybridized carbons (Fsp3) is 0.353. The first-order chi connectivity index (χ1) is 22.4. The molecule has 6 atom stereocenters. The number of fused-ring (bicyclic) bond motifs is 3. The number of phenols is 2. The molecule has 6 N–H and O–H groups in total. The molecule has 1 saturated heterocycles. The zero-order chi connectivity index (χ0) is 33.8. The number of hydrogen-bond acceptors (Lipinski definition) is 13. The quantitative estimate of drug-likeness (QED) is 0.143. The number of Topliss-reactive ketones (excluding diaryl/α,β-unsaturated/α-hetero) is 1. The largest absolute Gasteiger partial charge is 0.507 e. The lowest BCUT2D eigenvalue weighted by atomic mass is 9.72. The van der Waals surface area contributed by atoms with E-state index in [0.717, 1.165) is 0 Å². The summed E-state index contributed by atoms with van der Waals surface area (Å²) in [7, 11) is 1.32. The molecule has 3 aromatic rings. The Balaban J connectivity index is 1.42. The van der Waals surface area contributed by atoms with E-state index in [9.17, 15) is 39.6 Å². The summed E-state index contributed by atoms with van der Waals surface area (Å²) in [6.07, 6.45) is -5.45. The Labute approximate surface area is 268 Å².